The molecule has 3 heterocycles. The molecule has 0 bridgehead atoms. The van der Waals surface area contributed by atoms with Gasteiger partial charge in [-0.1, -0.05) is 6.92 Å². The van der Waals surface area contributed by atoms with Crippen molar-refractivity contribution in [1.29, 1.82) is 0 Å². The smallest absolute Gasteiger partial charge is 0.106 e. The van der Waals surface area contributed by atoms with Crippen LogP contribution in [0.4, 0.5) is 0 Å². The first kappa shape index (κ1) is 13.4. The standard InChI is InChI=1S/C15H23N5/c1-3-15-17-11(2)14(18-15)10-20-8-4-5-12(9-20)13-6-7-16-19-13/h6-7,12H,3-5,8-10H2,1-2H3,(H,16,19)(H,17,18)/t12-/m0/s1. The van der Waals surface area contributed by atoms with E-state index in [0.29, 0.717) is 5.92 Å². The van der Waals surface area contributed by atoms with E-state index in [4.69, 9.17) is 4.98 Å². The van der Waals surface area contributed by atoms with E-state index in [1.54, 1.807) is 0 Å². The Bertz CT molecular complexity index is 543. The van der Waals surface area contributed by atoms with E-state index in [-0.39, 0.29) is 0 Å². The van der Waals surface area contributed by atoms with Crippen molar-refractivity contribution in [2.45, 2.75) is 45.6 Å². The molecule has 2 N–H and O–H groups in total. The maximum absolute atomic E-state index is 4.69. The highest BCUT2D eigenvalue weighted by Crippen LogP contribution is 2.26. The Balaban J connectivity index is 1.66. The zero-order valence-electron chi connectivity index (χ0n) is 12.3. The second kappa shape index (κ2) is 5.79. The van der Waals surface area contributed by atoms with Gasteiger partial charge in [0.1, 0.15) is 5.82 Å². The third kappa shape index (κ3) is 2.77. The number of rotatable bonds is 4. The molecule has 0 aromatic carbocycles. The topological polar surface area (TPSA) is 60.6 Å². The van der Waals surface area contributed by atoms with E-state index in [2.05, 4.69) is 40.0 Å². The van der Waals surface area contributed by atoms with Crippen LogP contribution in [0.1, 0.15) is 48.6 Å². The molecule has 0 aliphatic carbocycles. The van der Waals surface area contributed by atoms with Gasteiger partial charge in [0.05, 0.1) is 5.69 Å². The molecule has 20 heavy (non-hydrogen) atoms. The van der Waals surface area contributed by atoms with Gasteiger partial charge in [0.15, 0.2) is 0 Å². The fourth-order valence-electron chi connectivity index (χ4n) is 3.04. The Kier molecular flexibility index (Phi) is 3.87. The second-order valence-electron chi connectivity index (χ2n) is 5.69. The van der Waals surface area contributed by atoms with Gasteiger partial charge in [0, 0.05) is 43.0 Å². The van der Waals surface area contributed by atoms with Gasteiger partial charge < -0.3 is 4.98 Å². The summed E-state index contributed by atoms with van der Waals surface area (Å²) in [6, 6.07) is 2.10. The van der Waals surface area contributed by atoms with Gasteiger partial charge in [-0.05, 0) is 32.4 Å². The predicted octanol–water partition coefficient (Wildman–Crippen LogP) is 2.38. The van der Waals surface area contributed by atoms with Gasteiger partial charge in [-0.3, -0.25) is 10.00 Å². The number of aromatic amines is 2. The zero-order valence-corrected chi connectivity index (χ0v) is 12.3. The van der Waals surface area contributed by atoms with Gasteiger partial charge >= 0.3 is 0 Å². The molecule has 0 amide bonds. The average molecular weight is 273 g/mol. The van der Waals surface area contributed by atoms with Crippen molar-refractivity contribution in [1.82, 2.24) is 25.1 Å². The number of imidazole rings is 1. The molecule has 5 heteroatoms. The van der Waals surface area contributed by atoms with E-state index in [0.717, 1.165) is 25.3 Å². The average Bonchev–Trinajstić information content (AvgIpc) is 3.10. The van der Waals surface area contributed by atoms with Crippen LogP contribution in [-0.2, 0) is 13.0 Å². The molecule has 5 nitrogen and oxygen atoms in total. The lowest BCUT2D eigenvalue weighted by Crippen LogP contribution is -2.34. The lowest BCUT2D eigenvalue weighted by molar-refractivity contribution is 0.196. The minimum atomic E-state index is 0.580. The Morgan fingerprint density at radius 1 is 1.45 bits per heavy atom. The van der Waals surface area contributed by atoms with E-state index in [1.807, 2.05) is 6.20 Å². The first-order valence-electron chi connectivity index (χ1n) is 7.52. The molecule has 1 aliphatic heterocycles. The zero-order chi connectivity index (χ0) is 13.9. The van der Waals surface area contributed by atoms with E-state index in [9.17, 15) is 0 Å². The van der Waals surface area contributed by atoms with Crippen LogP contribution in [0, 0.1) is 6.92 Å². The van der Waals surface area contributed by atoms with Gasteiger partial charge in [0.25, 0.3) is 0 Å². The quantitative estimate of drug-likeness (QED) is 0.899. The number of likely N-dealkylation sites (tertiary alicyclic amines) is 1. The molecular weight excluding hydrogens is 250 g/mol. The minimum Gasteiger partial charge on any atom is -0.346 e. The third-order valence-electron chi connectivity index (χ3n) is 4.21. The Morgan fingerprint density at radius 3 is 3.05 bits per heavy atom. The molecular formula is C15H23N5. The van der Waals surface area contributed by atoms with Crippen LogP contribution in [0.25, 0.3) is 0 Å². The van der Waals surface area contributed by atoms with Crippen LogP contribution >= 0.6 is 0 Å². The third-order valence-corrected chi connectivity index (χ3v) is 4.21. The lowest BCUT2D eigenvalue weighted by atomic mass is 9.95. The number of H-pyrrole nitrogens is 2. The van der Waals surface area contributed by atoms with E-state index < -0.39 is 0 Å². The highest BCUT2D eigenvalue weighted by atomic mass is 15.2. The van der Waals surface area contributed by atoms with Crippen LogP contribution in [0.5, 0.6) is 0 Å². The molecule has 0 spiro atoms. The van der Waals surface area contributed by atoms with Gasteiger partial charge in [-0.15, -0.1) is 0 Å². The summed E-state index contributed by atoms with van der Waals surface area (Å²) < 4.78 is 0. The number of hydrogen-bond donors (Lipinski definition) is 2. The summed E-state index contributed by atoms with van der Waals surface area (Å²) in [7, 11) is 0. The molecule has 2 aromatic heterocycles. The molecule has 0 radical (unpaired) electrons. The molecule has 3 rings (SSSR count). The van der Waals surface area contributed by atoms with Crippen LogP contribution in [0.2, 0.25) is 0 Å². The number of nitrogens with one attached hydrogen (secondary N) is 2. The maximum Gasteiger partial charge on any atom is 0.106 e. The highest BCUT2D eigenvalue weighted by molar-refractivity contribution is 5.14. The lowest BCUT2D eigenvalue weighted by Gasteiger charge is -2.31. The van der Waals surface area contributed by atoms with Crippen molar-refractivity contribution in [3.8, 4) is 0 Å². The Labute approximate surface area is 119 Å². The van der Waals surface area contributed by atoms with Gasteiger partial charge in [0.2, 0.25) is 0 Å². The first-order valence-corrected chi connectivity index (χ1v) is 7.52. The predicted molar refractivity (Wildman–Crippen MR) is 78.5 cm³/mol. The number of aromatic nitrogens is 4. The van der Waals surface area contributed by atoms with Crippen molar-refractivity contribution in [3.05, 3.63) is 35.2 Å². The molecule has 1 saturated heterocycles. The summed E-state index contributed by atoms with van der Waals surface area (Å²) in [5, 5.41) is 7.19. The molecule has 108 valence electrons. The van der Waals surface area contributed by atoms with Crippen molar-refractivity contribution >= 4 is 0 Å². The van der Waals surface area contributed by atoms with E-state index in [1.165, 1.54) is 36.5 Å². The summed E-state index contributed by atoms with van der Waals surface area (Å²) in [6.45, 7) is 7.47. The monoisotopic (exact) mass is 273 g/mol. The molecule has 1 atom stereocenters. The summed E-state index contributed by atoms with van der Waals surface area (Å²) >= 11 is 0. The number of piperidine rings is 1. The van der Waals surface area contributed by atoms with Gasteiger partial charge in [-0.25, -0.2) is 4.98 Å². The summed E-state index contributed by atoms with van der Waals surface area (Å²) in [6.07, 6.45) is 5.31. The van der Waals surface area contributed by atoms with Crippen LogP contribution < -0.4 is 0 Å². The highest BCUT2D eigenvalue weighted by Gasteiger charge is 2.23. The molecule has 1 fully saturated rings. The van der Waals surface area contributed by atoms with Crippen LogP contribution in [0.15, 0.2) is 12.3 Å². The number of aryl methyl sites for hydroxylation is 2. The van der Waals surface area contributed by atoms with Crippen LogP contribution in [0.3, 0.4) is 0 Å². The van der Waals surface area contributed by atoms with Crippen molar-refractivity contribution in [2.24, 2.45) is 0 Å². The number of hydrogen-bond acceptors (Lipinski definition) is 3. The van der Waals surface area contributed by atoms with Crippen molar-refractivity contribution < 1.29 is 0 Å². The van der Waals surface area contributed by atoms with Gasteiger partial charge in [-0.2, -0.15) is 5.10 Å². The van der Waals surface area contributed by atoms with Crippen LogP contribution in [-0.4, -0.2) is 38.2 Å². The molecule has 2 aromatic rings. The molecule has 0 unspecified atom stereocenters. The second-order valence-corrected chi connectivity index (χ2v) is 5.69. The van der Waals surface area contributed by atoms with Crippen molar-refractivity contribution in [2.75, 3.05) is 13.1 Å². The summed E-state index contributed by atoms with van der Waals surface area (Å²) in [5.74, 6) is 1.68. The van der Waals surface area contributed by atoms with E-state index >= 15 is 0 Å². The Morgan fingerprint density at radius 2 is 2.35 bits per heavy atom. The normalized spacial score (nSPS) is 20.4. The number of nitrogens with zero attached hydrogens (tertiary/aromatic N) is 3. The first-order chi connectivity index (χ1) is 9.76. The summed E-state index contributed by atoms with van der Waals surface area (Å²) in [4.78, 5) is 10.6. The minimum absolute atomic E-state index is 0.580. The fraction of sp³-hybridized carbons (Fsp3) is 0.600. The molecule has 1 aliphatic rings. The SMILES string of the molecule is CCc1nc(CN2CCC[C@H](c3ccn[nH]3)C2)c(C)[nH]1. The Hall–Kier alpha value is -1.62. The van der Waals surface area contributed by atoms with Crippen molar-refractivity contribution in [3.63, 3.8) is 0 Å². The fourth-order valence-corrected chi connectivity index (χ4v) is 3.04. The summed E-state index contributed by atoms with van der Waals surface area (Å²) in [5.41, 5.74) is 3.68. The largest absolute Gasteiger partial charge is 0.346 e. The maximum atomic E-state index is 4.69. The molecule has 0 saturated carbocycles.